The van der Waals surface area contributed by atoms with Crippen LogP contribution in [0.2, 0.25) is 5.02 Å². The molecule has 1 aromatic heterocycles. The van der Waals surface area contributed by atoms with Gasteiger partial charge in [0.25, 0.3) is 5.91 Å². The first-order valence-electron chi connectivity index (χ1n) is 9.33. The van der Waals surface area contributed by atoms with Crippen molar-refractivity contribution in [1.29, 1.82) is 0 Å². The van der Waals surface area contributed by atoms with E-state index in [4.69, 9.17) is 11.6 Å². The summed E-state index contributed by atoms with van der Waals surface area (Å²) in [4.78, 5) is 19.1. The number of carbonyl (C=O) groups is 1. The smallest absolute Gasteiger partial charge is 0.274 e. The van der Waals surface area contributed by atoms with Gasteiger partial charge in [0.2, 0.25) is 0 Å². The lowest BCUT2D eigenvalue weighted by Gasteiger charge is -2.18. The van der Waals surface area contributed by atoms with Gasteiger partial charge in [-0.2, -0.15) is 0 Å². The van der Waals surface area contributed by atoms with Crippen LogP contribution in [-0.4, -0.2) is 24.0 Å². The predicted molar refractivity (Wildman–Crippen MR) is 115 cm³/mol. The third-order valence-corrected chi connectivity index (χ3v) is 5.07. The van der Waals surface area contributed by atoms with Crippen molar-refractivity contribution >= 4 is 40.3 Å². The third-order valence-electron chi connectivity index (χ3n) is 4.74. The standard InChI is InChI=1S/C22H21ClN4O/c23-19-5-1-2-6-20(19)26-22(28)21-15-17(11-12-24-21)25-16-7-9-18(10-8-16)27-13-3-4-14-27/h1-2,5-12,15H,3-4,13-14H2,(H,24,25)(H,26,28). The Morgan fingerprint density at radius 3 is 2.46 bits per heavy atom. The number of aromatic nitrogens is 1. The highest BCUT2D eigenvalue weighted by atomic mass is 35.5. The number of carbonyl (C=O) groups excluding carboxylic acids is 1. The number of pyridine rings is 1. The van der Waals surface area contributed by atoms with E-state index in [9.17, 15) is 4.79 Å². The molecule has 1 aliphatic heterocycles. The number of halogens is 1. The number of anilines is 4. The highest BCUT2D eigenvalue weighted by Gasteiger charge is 2.12. The van der Waals surface area contributed by atoms with Crippen molar-refractivity contribution in [2.24, 2.45) is 0 Å². The molecule has 1 fully saturated rings. The molecule has 0 unspecified atom stereocenters. The van der Waals surface area contributed by atoms with Crippen molar-refractivity contribution in [2.45, 2.75) is 12.8 Å². The van der Waals surface area contributed by atoms with Crippen LogP contribution in [0.15, 0.2) is 66.9 Å². The van der Waals surface area contributed by atoms with Crippen LogP contribution in [0.1, 0.15) is 23.3 Å². The summed E-state index contributed by atoms with van der Waals surface area (Å²) in [6, 6.07) is 19.0. The molecule has 4 rings (SSSR count). The third kappa shape index (κ3) is 4.26. The largest absolute Gasteiger partial charge is 0.372 e. The van der Waals surface area contributed by atoms with E-state index in [1.54, 1.807) is 24.4 Å². The number of hydrogen-bond acceptors (Lipinski definition) is 4. The Labute approximate surface area is 169 Å². The number of amides is 1. The maximum absolute atomic E-state index is 12.5. The number of nitrogens with one attached hydrogen (secondary N) is 2. The van der Waals surface area contributed by atoms with E-state index < -0.39 is 0 Å². The minimum absolute atomic E-state index is 0.305. The average Bonchev–Trinajstić information content (AvgIpc) is 3.25. The molecule has 0 atom stereocenters. The van der Waals surface area contributed by atoms with Crippen LogP contribution in [-0.2, 0) is 0 Å². The van der Waals surface area contributed by atoms with Crippen LogP contribution in [0.5, 0.6) is 0 Å². The lowest BCUT2D eigenvalue weighted by Crippen LogP contribution is -2.17. The fourth-order valence-electron chi connectivity index (χ4n) is 3.28. The highest BCUT2D eigenvalue weighted by Crippen LogP contribution is 2.25. The summed E-state index contributed by atoms with van der Waals surface area (Å²) in [5.41, 5.74) is 3.89. The zero-order valence-electron chi connectivity index (χ0n) is 15.4. The van der Waals surface area contributed by atoms with Gasteiger partial charge in [-0.25, -0.2) is 0 Å². The number of para-hydroxylation sites is 1. The van der Waals surface area contributed by atoms with Crippen LogP contribution in [0, 0.1) is 0 Å². The molecule has 142 valence electrons. The van der Waals surface area contributed by atoms with Gasteiger partial charge in [0.05, 0.1) is 10.7 Å². The average molecular weight is 393 g/mol. The molecule has 0 spiro atoms. The Kier molecular flexibility index (Phi) is 5.44. The van der Waals surface area contributed by atoms with Gasteiger partial charge in [0, 0.05) is 36.3 Å². The first-order chi connectivity index (χ1) is 13.7. The summed E-state index contributed by atoms with van der Waals surface area (Å²) in [7, 11) is 0. The van der Waals surface area contributed by atoms with Gasteiger partial charge in [-0.1, -0.05) is 23.7 Å². The van der Waals surface area contributed by atoms with E-state index in [1.165, 1.54) is 18.5 Å². The molecule has 1 saturated heterocycles. The number of benzene rings is 2. The Bertz CT molecular complexity index is 968. The van der Waals surface area contributed by atoms with Gasteiger partial charge < -0.3 is 15.5 Å². The number of rotatable bonds is 5. The quantitative estimate of drug-likeness (QED) is 0.616. The lowest BCUT2D eigenvalue weighted by molar-refractivity contribution is 0.102. The predicted octanol–water partition coefficient (Wildman–Crippen LogP) is 5.33. The maximum atomic E-state index is 12.5. The summed E-state index contributed by atoms with van der Waals surface area (Å²) in [6.07, 6.45) is 4.13. The summed E-state index contributed by atoms with van der Waals surface area (Å²) >= 11 is 6.10. The molecular weight excluding hydrogens is 372 g/mol. The molecule has 5 nitrogen and oxygen atoms in total. The molecule has 2 heterocycles. The lowest BCUT2D eigenvalue weighted by atomic mass is 10.2. The van der Waals surface area contributed by atoms with Gasteiger partial charge in [-0.3, -0.25) is 9.78 Å². The highest BCUT2D eigenvalue weighted by molar-refractivity contribution is 6.33. The molecular formula is C22H21ClN4O. The SMILES string of the molecule is O=C(Nc1ccccc1Cl)c1cc(Nc2ccc(N3CCCC3)cc2)ccn1. The van der Waals surface area contributed by atoms with E-state index in [2.05, 4.69) is 44.8 Å². The topological polar surface area (TPSA) is 57.3 Å². The van der Waals surface area contributed by atoms with Crippen molar-refractivity contribution in [1.82, 2.24) is 4.98 Å². The monoisotopic (exact) mass is 392 g/mol. The second-order valence-corrected chi connectivity index (χ2v) is 7.14. The minimum atomic E-state index is -0.305. The molecule has 1 amide bonds. The van der Waals surface area contributed by atoms with E-state index >= 15 is 0 Å². The number of hydrogen-bond donors (Lipinski definition) is 2. The van der Waals surface area contributed by atoms with Gasteiger partial charge >= 0.3 is 0 Å². The Hall–Kier alpha value is -3.05. The van der Waals surface area contributed by atoms with Gasteiger partial charge in [0.1, 0.15) is 5.69 Å². The summed E-state index contributed by atoms with van der Waals surface area (Å²) < 4.78 is 0. The van der Waals surface area contributed by atoms with Crippen molar-refractivity contribution in [3.05, 3.63) is 77.6 Å². The molecule has 0 bridgehead atoms. The second kappa shape index (κ2) is 8.31. The molecule has 0 radical (unpaired) electrons. The normalized spacial score (nSPS) is 13.4. The van der Waals surface area contributed by atoms with Crippen LogP contribution < -0.4 is 15.5 Å². The van der Waals surface area contributed by atoms with E-state index in [-0.39, 0.29) is 5.91 Å². The molecule has 1 aliphatic rings. The van der Waals surface area contributed by atoms with E-state index in [0.717, 1.165) is 24.5 Å². The van der Waals surface area contributed by atoms with Gasteiger partial charge in [-0.05, 0) is 61.4 Å². The van der Waals surface area contributed by atoms with E-state index in [0.29, 0.717) is 16.4 Å². The van der Waals surface area contributed by atoms with Crippen molar-refractivity contribution < 1.29 is 4.79 Å². The van der Waals surface area contributed by atoms with Crippen molar-refractivity contribution in [3.8, 4) is 0 Å². The fraction of sp³-hybridized carbons (Fsp3) is 0.182. The number of nitrogens with zero attached hydrogens (tertiary/aromatic N) is 2. The maximum Gasteiger partial charge on any atom is 0.274 e. The molecule has 2 N–H and O–H groups in total. The fourth-order valence-corrected chi connectivity index (χ4v) is 3.46. The summed E-state index contributed by atoms with van der Waals surface area (Å²) in [6.45, 7) is 2.25. The van der Waals surface area contributed by atoms with Crippen molar-refractivity contribution in [3.63, 3.8) is 0 Å². The minimum Gasteiger partial charge on any atom is -0.372 e. The summed E-state index contributed by atoms with van der Waals surface area (Å²) in [5, 5.41) is 6.61. The van der Waals surface area contributed by atoms with E-state index in [1.807, 2.05) is 18.2 Å². The van der Waals surface area contributed by atoms with Crippen LogP contribution in [0.4, 0.5) is 22.7 Å². The molecule has 0 saturated carbocycles. The molecule has 0 aliphatic carbocycles. The first kappa shape index (κ1) is 18.3. The first-order valence-corrected chi connectivity index (χ1v) is 9.71. The Balaban J connectivity index is 1.44. The molecule has 3 aromatic rings. The van der Waals surface area contributed by atoms with Gasteiger partial charge in [-0.15, -0.1) is 0 Å². The van der Waals surface area contributed by atoms with Crippen molar-refractivity contribution in [2.75, 3.05) is 28.6 Å². The van der Waals surface area contributed by atoms with Crippen LogP contribution >= 0.6 is 11.6 Å². The van der Waals surface area contributed by atoms with Gasteiger partial charge in [0.15, 0.2) is 0 Å². The molecule has 28 heavy (non-hydrogen) atoms. The Morgan fingerprint density at radius 2 is 1.71 bits per heavy atom. The zero-order valence-corrected chi connectivity index (χ0v) is 16.1. The molecule has 6 heteroatoms. The van der Waals surface area contributed by atoms with Crippen LogP contribution in [0.3, 0.4) is 0 Å². The Morgan fingerprint density at radius 1 is 0.964 bits per heavy atom. The summed E-state index contributed by atoms with van der Waals surface area (Å²) in [5.74, 6) is -0.305. The zero-order chi connectivity index (χ0) is 19.3. The second-order valence-electron chi connectivity index (χ2n) is 6.73. The van der Waals surface area contributed by atoms with Crippen LogP contribution in [0.25, 0.3) is 0 Å². The molecule has 2 aromatic carbocycles.